The largest absolute Gasteiger partial charge is 0.386 e. The first-order chi connectivity index (χ1) is 10.4. The summed E-state index contributed by atoms with van der Waals surface area (Å²) in [6.45, 7) is 6.11. The van der Waals surface area contributed by atoms with Gasteiger partial charge in [0.05, 0.1) is 0 Å². The minimum absolute atomic E-state index is 0.488. The van der Waals surface area contributed by atoms with Crippen molar-refractivity contribution in [2.75, 3.05) is 0 Å². The van der Waals surface area contributed by atoms with Gasteiger partial charge in [0.1, 0.15) is 11.3 Å². The van der Waals surface area contributed by atoms with Crippen LogP contribution >= 0.6 is 0 Å². The van der Waals surface area contributed by atoms with Crippen LogP contribution in [0.15, 0.2) is 0 Å². The van der Waals surface area contributed by atoms with Crippen LogP contribution in [-0.4, -0.2) is 21.5 Å². The van der Waals surface area contributed by atoms with Crippen LogP contribution in [0.5, 0.6) is 0 Å². The molecular weight excluding hydrogens is 274 g/mol. The zero-order valence-corrected chi connectivity index (χ0v) is 15.4. The Labute approximate surface area is 138 Å². The van der Waals surface area contributed by atoms with E-state index in [1.54, 1.807) is 6.92 Å². The Kier molecular flexibility index (Phi) is 12.3. The van der Waals surface area contributed by atoms with Gasteiger partial charge < -0.3 is 15.9 Å². The Balaban J connectivity index is 3.87. The summed E-state index contributed by atoms with van der Waals surface area (Å²) in [5, 5.41) is 20.9. The number of nitrogens with two attached hydrogens (primary N) is 1. The molecule has 0 amide bonds. The van der Waals surface area contributed by atoms with Gasteiger partial charge in [0, 0.05) is 0 Å². The highest BCUT2D eigenvalue weighted by Crippen LogP contribution is 2.28. The number of unbranched alkanes of at least 4 members (excludes halogenated alkanes) is 10. The first kappa shape index (κ1) is 21.9. The Bertz CT molecular complexity index is 226. The molecule has 0 heterocycles. The van der Waals surface area contributed by atoms with Crippen molar-refractivity contribution >= 4 is 0 Å². The topological polar surface area (TPSA) is 66.5 Å². The zero-order valence-electron chi connectivity index (χ0n) is 15.4. The maximum Gasteiger partial charge on any atom is 0.142 e. The van der Waals surface area contributed by atoms with Gasteiger partial charge in [-0.25, -0.2) is 0 Å². The molecule has 3 nitrogen and oxygen atoms in total. The lowest BCUT2D eigenvalue weighted by Gasteiger charge is -2.38. The zero-order chi connectivity index (χ0) is 16.9. The van der Waals surface area contributed by atoms with E-state index < -0.39 is 11.3 Å². The van der Waals surface area contributed by atoms with Gasteiger partial charge in [0.2, 0.25) is 0 Å². The lowest BCUT2D eigenvalue weighted by molar-refractivity contribution is -0.148. The predicted molar refractivity (Wildman–Crippen MR) is 95.7 cm³/mol. The van der Waals surface area contributed by atoms with E-state index in [4.69, 9.17) is 5.73 Å². The number of hydrogen-bond donors (Lipinski definition) is 3. The van der Waals surface area contributed by atoms with Crippen LogP contribution in [0.1, 0.15) is 111 Å². The summed E-state index contributed by atoms with van der Waals surface area (Å²) >= 11 is 0. The van der Waals surface area contributed by atoms with Gasteiger partial charge in [-0.1, -0.05) is 84.5 Å². The van der Waals surface area contributed by atoms with Crippen molar-refractivity contribution in [3.63, 3.8) is 0 Å². The Hall–Kier alpha value is -0.120. The molecule has 3 heteroatoms. The van der Waals surface area contributed by atoms with Crippen molar-refractivity contribution in [3.05, 3.63) is 0 Å². The maximum atomic E-state index is 10.5. The second-order valence-corrected chi connectivity index (χ2v) is 7.23. The maximum absolute atomic E-state index is 10.5. The van der Waals surface area contributed by atoms with Crippen molar-refractivity contribution in [1.82, 2.24) is 0 Å². The Morgan fingerprint density at radius 2 is 1.00 bits per heavy atom. The predicted octanol–water partition coefficient (Wildman–Crippen LogP) is 4.89. The average molecular weight is 316 g/mol. The summed E-state index contributed by atoms with van der Waals surface area (Å²) in [5.41, 5.74) is 3.37. The van der Waals surface area contributed by atoms with E-state index >= 15 is 0 Å². The normalized spacial score (nSPS) is 17.2. The third-order valence-corrected chi connectivity index (χ3v) is 4.86. The summed E-state index contributed by atoms with van der Waals surface area (Å²) in [4.78, 5) is 0. The third kappa shape index (κ3) is 9.81. The van der Waals surface area contributed by atoms with Crippen molar-refractivity contribution < 1.29 is 10.2 Å². The molecule has 0 fully saturated rings. The first-order valence-electron chi connectivity index (χ1n) is 9.61. The molecule has 0 radical (unpaired) electrons. The van der Waals surface area contributed by atoms with Crippen LogP contribution in [0.4, 0.5) is 0 Å². The molecule has 4 N–H and O–H groups in total. The van der Waals surface area contributed by atoms with E-state index in [9.17, 15) is 10.2 Å². The summed E-state index contributed by atoms with van der Waals surface area (Å²) < 4.78 is 0. The van der Waals surface area contributed by atoms with Crippen LogP contribution < -0.4 is 5.73 Å². The molecule has 0 aliphatic carbocycles. The molecule has 22 heavy (non-hydrogen) atoms. The molecule has 0 rings (SSSR count). The van der Waals surface area contributed by atoms with Gasteiger partial charge in [-0.3, -0.25) is 0 Å². The van der Waals surface area contributed by atoms with Crippen LogP contribution in [0.25, 0.3) is 0 Å². The van der Waals surface area contributed by atoms with E-state index in [-0.39, 0.29) is 0 Å². The van der Waals surface area contributed by atoms with Gasteiger partial charge in [0.15, 0.2) is 0 Å². The lowest BCUT2D eigenvalue weighted by Crippen LogP contribution is -2.59. The summed E-state index contributed by atoms with van der Waals surface area (Å²) in [6.07, 6.45) is 15.1. The smallest absolute Gasteiger partial charge is 0.142 e. The molecule has 0 aromatic rings. The van der Waals surface area contributed by atoms with E-state index in [1.165, 1.54) is 51.4 Å². The second-order valence-electron chi connectivity index (χ2n) is 7.23. The fourth-order valence-electron chi connectivity index (χ4n) is 2.91. The standard InChI is InChI=1S/C19H41NO2/c1-4-6-8-10-12-14-16-18(3,21)19(20,22)17-15-13-11-9-7-5-2/h21-22H,4-17,20H2,1-3H3. The van der Waals surface area contributed by atoms with E-state index in [0.29, 0.717) is 12.8 Å². The molecule has 0 saturated heterocycles. The highest BCUT2D eigenvalue weighted by Gasteiger charge is 2.41. The van der Waals surface area contributed by atoms with Crippen molar-refractivity contribution in [2.45, 2.75) is 122 Å². The molecule has 0 aliphatic heterocycles. The monoisotopic (exact) mass is 315 g/mol. The highest BCUT2D eigenvalue weighted by atomic mass is 16.4. The van der Waals surface area contributed by atoms with Crippen molar-refractivity contribution in [1.29, 1.82) is 0 Å². The molecular formula is C19H41NO2. The van der Waals surface area contributed by atoms with Gasteiger partial charge in [-0.15, -0.1) is 0 Å². The van der Waals surface area contributed by atoms with E-state index in [2.05, 4.69) is 13.8 Å². The molecule has 0 aliphatic rings. The molecule has 2 atom stereocenters. The fraction of sp³-hybridized carbons (Fsp3) is 1.00. The minimum atomic E-state index is -1.46. The molecule has 134 valence electrons. The van der Waals surface area contributed by atoms with Crippen LogP contribution in [0.3, 0.4) is 0 Å². The van der Waals surface area contributed by atoms with E-state index in [1.807, 2.05) is 0 Å². The second kappa shape index (κ2) is 12.3. The first-order valence-corrected chi connectivity index (χ1v) is 9.61. The number of aliphatic hydroxyl groups is 2. The van der Waals surface area contributed by atoms with E-state index in [0.717, 1.165) is 25.7 Å². The summed E-state index contributed by atoms with van der Waals surface area (Å²) in [7, 11) is 0. The lowest BCUT2D eigenvalue weighted by atomic mass is 9.84. The number of rotatable bonds is 15. The Morgan fingerprint density at radius 3 is 1.45 bits per heavy atom. The van der Waals surface area contributed by atoms with Gasteiger partial charge >= 0.3 is 0 Å². The van der Waals surface area contributed by atoms with Crippen LogP contribution in [0.2, 0.25) is 0 Å². The van der Waals surface area contributed by atoms with Gasteiger partial charge in [0.25, 0.3) is 0 Å². The Morgan fingerprint density at radius 1 is 0.636 bits per heavy atom. The molecule has 0 bridgehead atoms. The molecule has 0 aromatic heterocycles. The average Bonchev–Trinajstić information content (AvgIpc) is 2.46. The van der Waals surface area contributed by atoms with Gasteiger partial charge in [-0.05, 0) is 26.2 Å². The van der Waals surface area contributed by atoms with Crippen LogP contribution in [-0.2, 0) is 0 Å². The summed E-state index contributed by atoms with van der Waals surface area (Å²) in [5.74, 6) is 0. The third-order valence-electron chi connectivity index (χ3n) is 4.86. The number of hydrogen-bond acceptors (Lipinski definition) is 3. The van der Waals surface area contributed by atoms with Crippen molar-refractivity contribution in [3.8, 4) is 0 Å². The molecule has 0 saturated carbocycles. The fourth-order valence-corrected chi connectivity index (χ4v) is 2.91. The quantitative estimate of drug-likeness (QED) is 0.298. The molecule has 0 aromatic carbocycles. The summed E-state index contributed by atoms with van der Waals surface area (Å²) in [6, 6.07) is 0. The molecule has 2 unspecified atom stereocenters. The van der Waals surface area contributed by atoms with Crippen molar-refractivity contribution in [2.24, 2.45) is 5.73 Å². The highest BCUT2D eigenvalue weighted by molar-refractivity contribution is 4.91. The minimum Gasteiger partial charge on any atom is -0.386 e. The van der Waals surface area contributed by atoms with Gasteiger partial charge in [-0.2, -0.15) is 0 Å². The van der Waals surface area contributed by atoms with Crippen LogP contribution in [0, 0.1) is 0 Å². The molecule has 0 spiro atoms. The SMILES string of the molecule is CCCCCCCCC(C)(O)C(N)(O)CCCCCCCC.